The molecule has 2 aromatic heterocycles. The zero-order chi connectivity index (χ0) is 13.9. The fourth-order valence-corrected chi connectivity index (χ4v) is 1.65. The van der Waals surface area contributed by atoms with Crippen molar-refractivity contribution >= 4 is 5.69 Å². The van der Waals surface area contributed by atoms with Gasteiger partial charge >= 0.3 is 0 Å². The molecule has 3 aromatic rings. The van der Waals surface area contributed by atoms with E-state index in [1.165, 1.54) is 16.9 Å². The normalized spacial score (nSPS) is 10.4. The van der Waals surface area contributed by atoms with Crippen molar-refractivity contribution in [1.29, 1.82) is 0 Å². The Morgan fingerprint density at radius 1 is 1.15 bits per heavy atom. The van der Waals surface area contributed by atoms with E-state index in [9.17, 15) is 10.1 Å². The van der Waals surface area contributed by atoms with Gasteiger partial charge in [0.25, 0.3) is 5.69 Å². The molecule has 0 saturated carbocycles. The molecule has 0 amide bonds. The summed E-state index contributed by atoms with van der Waals surface area (Å²) in [4.78, 5) is 15.6. The van der Waals surface area contributed by atoms with Crippen LogP contribution in [0.3, 0.4) is 0 Å². The maximum atomic E-state index is 10.7. The van der Waals surface area contributed by atoms with Crippen LogP contribution in [0.4, 0.5) is 5.69 Å². The van der Waals surface area contributed by atoms with E-state index in [0.29, 0.717) is 17.2 Å². The van der Waals surface area contributed by atoms with Gasteiger partial charge in [-0.05, 0) is 23.4 Å². The highest BCUT2D eigenvalue weighted by Gasteiger charge is 2.11. The van der Waals surface area contributed by atoms with Crippen LogP contribution >= 0.6 is 0 Å². The first kappa shape index (κ1) is 11.9. The zero-order valence-electron chi connectivity index (χ0n) is 10.1. The lowest BCUT2D eigenvalue weighted by Crippen LogP contribution is -2.00. The molecule has 0 bridgehead atoms. The number of nitrogens with zero attached hydrogens (tertiary/aromatic N) is 6. The van der Waals surface area contributed by atoms with Gasteiger partial charge in [-0.3, -0.25) is 15.1 Å². The molecule has 0 radical (unpaired) electrons. The van der Waals surface area contributed by atoms with E-state index in [4.69, 9.17) is 0 Å². The number of aromatic nitrogens is 5. The van der Waals surface area contributed by atoms with E-state index in [-0.39, 0.29) is 5.69 Å². The van der Waals surface area contributed by atoms with E-state index in [2.05, 4.69) is 20.4 Å². The Kier molecular flexibility index (Phi) is 2.88. The number of hydrogen-bond donors (Lipinski definition) is 0. The van der Waals surface area contributed by atoms with Gasteiger partial charge in [-0.2, -0.15) is 0 Å². The summed E-state index contributed by atoms with van der Waals surface area (Å²) in [5, 5.41) is 22.7. The molecule has 0 spiro atoms. The summed E-state index contributed by atoms with van der Waals surface area (Å²) in [6.45, 7) is 0. The summed E-state index contributed by atoms with van der Waals surface area (Å²) in [5.74, 6) is 0.358. The Balaban J connectivity index is 1.98. The molecule has 0 aliphatic carbocycles. The summed E-state index contributed by atoms with van der Waals surface area (Å²) >= 11 is 0. The van der Waals surface area contributed by atoms with E-state index in [1.54, 1.807) is 30.5 Å². The Morgan fingerprint density at radius 3 is 2.80 bits per heavy atom. The molecule has 2 heterocycles. The first-order chi connectivity index (χ1) is 9.74. The molecule has 0 atom stereocenters. The molecule has 0 aliphatic heterocycles. The van der Waals surface area contributed by atoms with E-state index >= 15 is 0 Å². The molecule has 0 aliphatic rings. The van der Waals surface area contributed by atoms with Gasteiger partial charge < -0.3 is 0 Å². The Labute approximate surface area is 112 Å². The zero-order valence-corrected chi connectivity index (χ0v) is 10.1. The van der Waals surface area contributed by atoms with Crippen molar-refractivity contribution in [3.05, 3.63) is 58.8 Å². The second-order valence-electron chi connectivity index (χ2n) is 3.89. The maximum absolute atomic E-state index is 10.7. The van der Waals surface area contributed by atoms with Gasteiger partial charge in [0.2, 0.25) is 5.82 Å². The van der Waals surface area contributed by atoms with Gasteiger partial charge in [0.05, 0.1) is 10.6 Å². The molecule has 0 N–H and O–H groups in total. The van der Waals surface area contributed by atoms with E-state index in [0.717, 1.165) is 0 Å². The first-order valence-corrected chi connectivity index (χ1v) is 5.70. The third-order valence-electron chi connectivity index (χ3n) is 2.58. The highest BCUT2D eigenvalue weighted by Crippen LogP contribution is 2.16. The molecule has 0 fully saturated rings. The third kappa shape index (κ3) is 2.21. The van der Waals surface area contributed by atoms with Crippen molar-refractivity contribution < 1.29 is 4.92 Å². The standard InChI is InChI=1S/C12H8N6O2/c19-18(20)10-5-3-4-9(8-10)17-15-12(14-16-17)11-6-1-2-7-13-11/h1-8H. The van der Waals surface area contributed by atoms with Crippen LogP contribution in [0.15, 0.2) is 48.7 Å². The average Bonchev–Trinajstić information content (AvgIpc) is 2.98. The number of nitro benzene ring substituents is 1. The van der Waals surface area contributed by atoms with E-state index < -0.39 is 4.92 Å². The van der Waals surface area contributed by atoms with Crippen molar-refractivity contribution in [3.63, 3.8) is 0 Å². The molecule has 20 heavy (non-hydrogen) atoms. The number of nitro groups is 1. The van der Waals surface area contributed by atoms with Crippen LogP contribution in [0.25, 0.3) is 17.2 Å². The Bertz CT molecular complexity index is 755. The van der Waals surface area contributed by atoms with Crippen LogP contribution in [-0.2, 0) is 0 Å². The monoisotopic (exact) mass is 268 g/mol. The molecule has 1 aromatic carbocycles. The summed E-state index contributed by atoms with van der Waals surface area (Å²) < 4.78 is 0. The van der Waals surface area contributed by atoms with E-state index in [1.807, 2.05) is 6.07 Å². The fourth-order valence-electron chi connectivity index (χ4n) is 1.65. The number of pyridine rings is 1. The minimum Gasteiger partial charge on any atom is -0.258 e. The topological polar surface area (TPSA) is 99.6 Å². The van der Waals surface area contributed by atoms with Crippen LogP contribution in [0, 0.1) is 10.1 Å². The maximum Gasteiger partial charge on any atom is 0.271 e. The summed E-state index contributed by atoms with van der Waals surface area (Å²) in [6, 6.07) is 11.4. The smallest absolute Gasteiger partial charge is 0.258 e. The van der Waals surface area contributed by atoms with Crippen molar-refractivity contribution in [2.75, 3.05) is 0 Å². The fraction of sp³-hybridized carbons (Fsp3) is 0. The van der Waals surface area contributed by atoms with Gasteiger partial charge in [0.15, 0.2) is 0 Å². The largest absolute Gasteiger partial charge is 0.271 e. The SMILES string of the molecule is O=[N+]([O-])c1cccc(-n2nnc(-c3ccccn3)n2)c1. The molecular weight excluding hydrogens is 260 g/mol. The second kappa shape index (κ2) is 4.84. The predicted molar refractivity (Wildman–Crippen MR) is 69.0 cm³/mol. The van der Waals surface area contributed by atoms with Crippen molar-refractivity contribution in [1.82, 2.24) is 25.2 Å². The lowest BCUT2D eigenvalue weighted by atomic mass is 10.3. The molecule has 8 nitrogen and oxygen atoms in total. The number of tetrazole rings is 1. The van der Waals surface area contributed by atoms with Crippen LogP contribution in [0.5, 0.6) is 0 Å². The number of non-ortho nitro benzene ring substituents is 1. The summed E-state index contributed by atoms with van der Waals surface area (Å²) in [7, 11) is 0. The highest BCUT2D eigenvalue weighted by molar-refractivity contribution is 5.48. The highest BCUT2D eigenvalue weighted by atomic mass is 16.6. The molecule has 98 valence electrons. The average molecular weight is 268 g/mol. The molecular formula is C12H8N6O2. The summed E-state index contributed by atoms with van der Waals surface area (Å²) in [5.41, 5.74) is 1.03. The molecule has 0 unspecified atom stereocenters. The second-order valence-corrected chi connectivity index (χ2v) is 3.89. The van der Waals surface area contributed by atoms with Crippen molar-refractivity contribution in [3.8, 4) is 17.2 Å². The number of rotatable bonds is 3. The lowest BCUT2D eigenvalue weighted by Gasteiger charge is -1.97. The van der Waals surface area contributed by atoms with Crippen LogP contribution < -0.4 is 0 Å². The van der Waals surface area contributed by atoms with Gasteiger partial charge in [0, 0.05) is 18.3 Å². The van der Waals surface area contributed by atoms with Crippen molar-refractivity contribution in [2.24, 2.45) is 0 Å². The number of benzene rings is 1. The van der Waals surface area contributed by atoms with Crippen LogP contribution in [0.1, 0.15) is 0 Å². The lowest BCUT2D eigenvalue weighted by molar-refractivity contribution is -0.384. The van der Waals surface area contributed by atoms with Gasteiger partial charge in [0.1, 0.15) is 5.69 Å². The minimum absolute atomic E-state index is 0.0285. The van der Waals surface area contributed by atoms with Crippen LogP contribution in [0.2, 0.25) is 0 Å². The Morgan fingerprint density at radius 2 is 2.05 bits per heavy atom. The molecule has 8 heteroatoms. The van der Waals surface area contributed by atoms with Gasteiger partial charge in [-0.1, -0.05) is 12.1 Å². The Hall–Kier alpha value is -3.16. The summed E-state index contributed by atoms with van der Waals surface area (Å²) in [6.07, 6.45) is 1.63. The third-order valence-corrected chi connectivity index (χ3v) is 2.58. The van der Waals surface area contributed by atoms with Gasteiger partial charge in [-0.25, -0.2) is 0 Å². The predicted octanol–water partition coefficient (Wildman–Crippen LogP) is 1.63. The van der Waals surface area contributed by atoms with Crippen molar-refractivity contribution in [2.45, 2.75) is 0 Å². The van der Waals surface area contributed by atoms with Gasteiger partial charge in [-0.15, -0.1) is 15.0 Å². The first-order valence-electron chi connectivity index (χ1n) is 5.70. The molecule has 3 rings (SSSR count). The number of hydrogen-bond acceptors (Lipinski definition) is 6. The van der Waals surface area contributed by atoms with Crippen LogP contribution in [-0.4, -0.2) is 30.1 Å². The quantitative estimate of drug-likeness (QED) is 0.528. The minimum atomic E-state index is -0.472. The molecule has 0 saturated heterocycles.